The smallest absolute Gasteiger partial charge is 0.272 e. The SMILES string of the molecule is COc1ccc(C(=O)c2ccc(OC)c(S(=O)(=O)n3ccnc3)c2)cc1S(=O)(=O)n1ccnc1. The van der Waals surface area contributed by atoms with Gasteiger partial charge in [0.2, 0.25) is 0 Å². The van der Waals surface area contributed by atoms with Gasteiger partial charge in [-0.3, -0.25) is 4.79 Å². The van der Waals surface area contributed by atoms with Crippen LogP contribution >= 0.6 is 0 Å². The molecule has 0 aliphatic carbocycles. The van der Waals surface area contributed by atoms with Crippen molar-refractivity contribution in [2.75, 3.05) is 14.2 Å². The van der Waals surface area contributed by atoms with Crippen LogP contribution in [0, 0.1) is 0 Å². The van der Waals surface area contributed by atoms with Gasteiger partial charge in [-0.25, -0.2) is 34.7 Å². The zero-order valence-electron chi connectivity index (χ0n) is 17.9. The van der Waals surface area contributed by atoms with E-state index in [1.165, 1.54) is 75.4 Å². The van der Waals surface area contributed by atoms with Crippen LogP contribution in [0.4, 0.5) is 0 Å². The summed E-state index contributed by atoms with van der Waals surface area (Å²) in [5.74, 6) is -0.541. The van der Waals surface area contributed by atoms with Crippen molar-refractivity contribution in [3.8, 4) is 11.5 Å². The van der Waals surface area contributed by atoms with Crippen molar-refractivity contribution in [2.45, 2.75) is 9.79 Å². The number of nitrogens with zero attached hydrogens (tertiary/aromatic N) is 4. The summed E-state index contributed by atoms with van der Waals surface area (Å²) >= 11 is 0. The van der Waals surface area contributed by atoms with Gasteiger partial charge < -0.3 is 9.47 Å². The Hall–Kier alpha value is -3.97. The predicted octanol–water partition coefficient (Wildman–Crippen LogP) is 1.80. The zero-order chi connectivity index (χ0) is 24.5. The Balaban J connectivity index is 1.81. The van der Waals surface area contributed by atoms with E-state index in [0.29, 0.717) is 0 Å². The minimum atomic E-state index is -4.10. The number of methoxy groups -OCH3 is 2. The van der Waals surface area contributed by atoms with Gasteiger partial charge in [0.1, 0.15) is 33.9 Å². The third-order valence-electron chi connectivity index (χ3n) is 4.92. The van der Waals surface area contributed by atoms with Crippen LogP contribution in [0.5, 0.6) is 11.5 Å². The molecule has 0 saturated heterocycles. The maximum absolute atomic E-state index is 13.3. The Bertz CT molecular complexity index is 1440. The lowest BCUT2D eigenvalue weighted by Crippen LogP contribution is -2.15. The Kier molecular flexibility index (Phi) is 5.98. The van der Waals surface area contributed by atoms with E-state index < -0.39 is 25.8 Å². The summed E-state index contributed by atoms with van der Waals surface area (Å²) in [5, 5.41) is 0. The average Bonchev–Trinajstić information content (AvgIpc) is 3.58. The molecule has 4 aromatic rings. The van der Waals surface area contributed by atoms with E-state index in [1.807, 2.05) is 0 Å². The number of aromatic nitrogens is 4. The van der Waals surface area contributed by atoms with Crippen molar-refractivity contribution in [2.24, 2.45) is 0 Å². The topological polar surface area (TPSA) is 139 Å². The van der Waals surface area contributed by atoms with Crippen LogP contribution in [0.1, 0.15) is 15.9 Å². The number of ketones is 1. The van der Waals surface area contributed by atoms with Crippen molar-refractivity contribution in [3.63, 3.8) is 0 Å². The summed E-state index contributed by atoms with van der Waals surface area (Å²) in [6.45, 7) is 0. The first-order valence-corrected chi connectivity index (χ1v) is 12.5. The van der Waals surface area contributed by atoms with Crippen molar-refractivity contribution in [3.05, 3.63) is 85.0 Å². The molecule has 0 saturated carbocycles. The molecule has 0 atom stereocenters. The standard InChI is InChI=1S/C21H18N4O7S2/c1-31-17-5-3-15(11-19(17)33(27,28)24-9-7-22-13-24)21(26)16-4-6-18(32-2)20(12-16)34(29,30)25-10-8-23-14-25/h3-14H,1-2H3. The van der Waals surface area contributed by atoms with E-state index in [-0.39, 0.29) is 32.4 Å². The molecule has 4 rings (SSSR count). The largest absolute Gasteiger partial charge is 0.495 e. The maximum Gasteiger partial charge on any atom is 0.272 e. The van der Waals surface area contributed by atoms with Gasteiger partial charge in [-0.2, -0.15) is 0 Å². The van der Waals surface area contributed by atoms with Gasteiger partial charge >= 0.3 is 0 Å². The first-order valence-electron chi connectivity index (χ1n) is 9.58. The fraction of sp³-hybridized carbons (Fsp3) is 0.0952. The van der Waals surface area contributed by atoms with Crippen LogP contribution in [0.3, 0.4) is 0 Å². The molecule has 0 N–H and O–H groups in total. The summed E-state index contributed by atoms with van der Waals surface area (Å²) < 4.78 is 64.2. The molecular weight excluding hydrogens is 484 g/mol. The highest BCUT2D eigenvalue weighted by atomic mass is 32.2. The van der Waals surface area contributed by atoms with Gasteiger partial charge in [0, 0.05) is 35.9 Å². The van der Waals surface area contributed by atoms with E-state index >= 15 is 0 Å². The molecular formula is C21H18N4O7S2. The monoisotopic (exact) mass is 502 g/mol. The van der Waals surface area contributed by atoms with Gasteiger partial charge in [0.05, 0.1) is 14.2 Å². The molecule has 2 heterocycles. The molecule has 0 aliphatic rings. The van der Waals surface area contributed by atoms with E-state index in [0.717, 1.165) is 20.6 Å². The highest BCUT2D eigenvalue weighted by molar-refractivity contribution is 7.90. The molecule has 0 bridgehead atoms. The Labute approximate surface area is 195 Å². The predicted molar refractivity (Wildman–Crippen MR) is 119 cm³/mol. The van der Waals surface area contributed by atoms with Crippen molar-refractivity contribution < 1.29 is 31.1 Å². The van der Waals surface area contributed by atoms with Crippen LogP contribution in [-0.2, 0) is 20.0 Å². The zero-order valence-corrected chi connectivity index (χ0v) is 19.5. The molecule has 0 aliphatic heterocycles. The normalized spacial score (nSPS) is 11.8. The van der Waals surface area contributed by atoms with Crippen LogP contribution < -0.4 is 9.47 Å². The summed E-state index contributed by atoms with van der Waals surface area (Å²) in [5.41, 5.74) is 0.0197. The van der Waals surface area contributed by atoms with Gasteiger partial charge in [0.25, 0.3) is 20.0 Å². The first kappa shape index (κ1) is 23.2. The van der Waals surface area contributed by atoms with E-state index in [2.05, 4.69) is 9.97 Å². The molecule has 34 heavy (non-hydrogen) atoms. The number of carbonyl (C=O) groups excluding carboxylic acids is 1. The molecule has 2 aromatic heterocycles. The third-order valence-corrected chi connectivity index (χ3v) is 8.21. The number of imidazole rings is 2. The number of hydrogen-bond donors (Lipinski definition) is 0. The quantitative estimate of drug-likeness (QED) is 0.330. The molecule has 0 unspecified atom stereocenters. The maximum atomic E-state index is 13.3. The highest BCUT2D eigenvalue weighted by Gasteiger charge is 2.26. The van der Waals surface area contributed by atoms with Crippen LogP contribution in [-0.4, -0.2) is 54.8 Å². The molecule has 0 amide bonds. The fourth-order valence-corrected chi connectivity index (χ4v) is 5.81. The molecule has 0 spiro atoms. The number of ether oxygens (including phenoxy) is 2. The number of rotatable bonds is 8. The first-order chi connectivity index (χ1) is 16.2. The van der Waals surface area contributed by atoms with Gasteiger partial charge in [-0.15, -0.1) is 0 Å². The summed E-state index contributed by atoms with van der Waals surface area (Å²) in [4.78, 5) is 20.3. The molecule has 0 radical (unpaired) electrons. The van der Waals surface area contributed by atoms with Crippen LogP contribution in [0.25, 0.3) is 0 Å². The van der Waals surface area contributed by atoms with Gasteiger partial charge in [-0.05, 0) is 36.4 Å². The molecule has 176 valence electrons. The molecule has 13 heteroatoms. The van der Waals surface area contributed by atoms with Crippen molar-refractivity contribution in [1.82, 2.24) is 17.9 Å². The van der Waals surface area contributed by atoms with Gasteiger partial charge in [-0.1, -0.05) is 0 Å². The fourth-order valence-electron chi connectivity index (χ4n) is 3.21. The van der Waals surface area contributed by atoms with Gasteiger partial charge in [0.15, 0.2) is 5.78 Å². The lowest BCUT2D eigenvalue weighted by Gasteiger charge is -2.13. The van der Waals surface area contributed by atoms with E-state index in [4.69, 9.17) is 9.47 Å². The summed E-state index contributed by atoms with van der Waals surface area (Å²) in [6.07, 6.45) is 7.33. The minimum absolute atomic E-state index is 0.00985. The molecule has 0 fully saturated rings. The second-order valence-corrected chi connectivity index (χ2v) is 10.5. The Morgan fingerprint density at radius 2 is 1.15 bits per heavy atom. The summed E-state index contributed by atoms with van der Waals surface area (Å²) in [7, 11) is -5.58. The average molecular weight is 503 g/mol. The highest BCUT2D eigenvalue weighted by Crippen LogP contribution is 2.30. The van der Waals surface area contributed by atoms with Crippen molar-refractivity contribution in [1.29, 1.82) is 0 Å². The van der Waals surface area contributed by atoms with E-state index in [9.17, 15) is 21.6 Å². The Morgan fingerprint density at radius 3 is 1.47 bits per heavy atom. The molecule has 11 nitrogen and oxygen atoms in total. The minimum Gasteiger partial charge on any atom is -0.495 e. The second-order valence-electron chi connectivity index (χ2n) is 6.86. The third kappa shape index (κ3) is 3.95. The van der Waals surface area contributed by atoms with Crippen LogP contribution in [0.2, 0.25) is 0 Å². The number of benzene rings is 2. The lowest BCUT2D eigenvalue weighted by atomic mass is 10.0. The number of hydrogen-bond acceptors (Lipinski definition) is 9. The summed E-state index contributed by atoms with van der Waals surface area (Å²) in [6, 6.07) is 7.83. The van der Waals surface area contributed by atoms with Crippen molar-refractivity contribution >= 4 is 25.8 Å². The number of carbonyl (C=O) groups is 1. The lowest BCUT2D eigenvalue weighted by molar-refractivity contribution is 0.103. The molecule has 2 aromatic carbocycles. The van der Waals surface area contributed by atoms with E-state index in [1.54, 1.807) is 0 Å². The second kappa shape index (κ2) is 8.76. The Morgan fingerprint density at radius 1 is 0.735 bits per heavy atom. The van der Waals surface area contributed by atoms with Crippen LogP contribution in [0.15, 0.2) is 83.6 Å².